The van der Waals surface area contributed by atoms with Crippen LogP contribution in [0.3, 0.4) is 0 Å². The van der Waals surface area contributed by atoms with Crippen molar-refractivity contribution >= 4 is 63.9 Å². The molecule has 0 radical (unpaired) electrons. The number of carbonyl (C=O) groups is 4. The second-order valence-electron chi connectivity index (χ2n) is 11.3. The highest BCUT2D eigenvalue weighted by Gasteiger charge is 2.40. The fourth-order valence-electron chi connectivity index (χ4n) is 5.39. The van der Waals surface area contributed by atoms with Crippen molar-refractivity contribution in [3.8, 4) is 11.5 Å². The average molecular weight is 683 g/mol. The van der Waals surface area contributed by atoms with Crippen LogP contribution in [-0.2, 0) is 14.4 Å². The summed E-state index contributed by atoms with van der Waals surface area (Å²) in [4.78, 5) is 59.0. The van der Waals surface area contributed by atoms with Gasteiger partial charge in [-0.2, -0.15) is 0 Å². The minimum absolute atomic E-state index is 0.0280. The molecule has 11 heteroatoms. The molecule has 50 heavy (non-hydrogen) atoms. The van der Waals surface area contributed by atoms with Gasteiger partial charge in [0.1, 0.15) is 17.0 Å². The number of imide groups is 1. The molecule has 1 atom stereocenters. The number of fused-ring (bicyclic) bond motifs is 1. The highest BCUT2D eigenvalue weighted by molar-refractivity contribution is 8.00. The topological polar surface area (TPSA) is 122 Å². The average Bonchev–Trinajstić information content (AvgIpc) is 3.69. The first kappa shape index (κ1) is 32.2. The van der Waals surface area contributed by atoms with Crippen LogP contribution < -0.4 is 15.5 Å². The van der Waals surface area contributed by atoms with Crippen molar-refractivity contribution < 1.29 is 28.0 Å². The van der Waals surface area contributed by atoms with E-state index in [9.17, 15) is 23.6 Å². The first-order valence-corrected chi connectivity index (χ1v) is 16.4. The van der Waals surface area contributed by atoms with Gasteiger partial charge in [0.05, 0.1) is 10.9 Å². The summed E-state index contributed by atoms with van der Waals surface area (Å²) in [5.41, 5.74) is 3.29. The fourth-order valence-corrected chi connectivity index (χ4v) is 6.44. The van der Waals surface area contributed by atoms with E-state index in [1.165, 1.54) is 40.9 Å². The molecule has 2 heterocycles. The molecule has 1 unspecified atom stereocenters. The van der Waals surface area contributed by atoms with Crippen LogP contribution in [0.15, 0.2) is 142 Å². The van der Waals surface area contributed by atoms with Gasteiger partial charge in [0, 0.05) is 33.7 Å². The van der Waals surface area contributed by atoms with Gasteiger partial charge in [-0.05, 0) is 84.9 Å². The number of nitrogens with zero attached hydrogens (tertiary/aromatic N) is 2. The molecule has 1 aliphatic heterocycles. The zero-order valence-electron chi connectivity index (χ0n) is 26.2. The number of anilines is 2. The van der Waals surface area contributed by atoms with Crippen molar-refractivity contribution in [3.63, 3.8) is 0 Å². The number of rotatable bonds is 9. The molecular weight excluding hydrogens is 656 g/mol. The molecule has 246 valence electrons. The van der Waals surface area contributed by atoms with Gasteiger partial charge in [-0.25, -0.2) is 14.3 Å². The monoisotopic (exact) mass is 682 g/mol. The van der Waals surface area contributed by atoms with Gasteiger partial charge in [-0.3, -0.25) is 19.2 Å². The Morgan fingerprint density at radius 3 is 2.28 bits per heavy atom. The molecule has 0 spiro atoms. The molecular formula is C39H27FN4O5S. The van der Waals surface area contributed by atoms with Crippen LogP contribution in [0.4, 0.5) is 15.8 Å². The lowest BCUT2D eigenvalue weighted by molar-refractivity contribution is -0.121. The molecule has 1 aromatic heterocycles. The number of amides is 4. The summed E-state index contributed by atoms with van der Waals surface area (Å²) in [6.45, 7) is 0. The highest BCUT2D eigenvalue weighted by atomic mass is 32.2. The Labute approximate surface area is 289 Å². The standard InChI is InChI=1S/C39H27FN4O5S/c40-30-11-5-4-10-26(30)22-32(42-36(46)24-8-2-1-3-9-24)37(47)41-27-16-20-29(21-17-27)50-34-23-35(45)44(39(34)48)28-18-14-25(15-19-28)38-43-31-12-6-7-13-33(31)49-38/h1-22,34H,23H2,(H,41,47)(H,42,46)/b32-22-. The number of thioether (sulfide) groups is 1. The molecule has 4 amide bonds. The first-order valence-electron chi connectivity index (χ1n) is 15.6. The van der Waals surface area contributed by atoms with Gasteiger partial charge >= 0.3 is 0 Å². The van der Waals surface area contributed by atoms with E-state index in [0.29, 0.717) is 33.3 Å². The van der Waals surface area contributed by atoms with E-state index in [1.54, 1.807) is 84.9 Å². The van der Waals surface area contributed by atoms with Gasteiger partial charge in [0.25, 0.3) is 11.8 Å². The van der Waals surface area contributed by atoms with Gasteiger partial charge < -0.3 is 15.1 Å². The second-order valence-corrected chi connectivity index (χ2v) is 12.6. The number of hydrogen-bond donors (Lipinski definition) is 2. The van der Waals surface area contributed by atoms with Gasteiger partial charge in [0.2, 0.25) is 17.7 Å². The molecule has 0 saturated carbocycles. The summed E-state index contributed by atoms with van der Waals surface area (Å²) in [6.07, 6.45) is 1.30. The number of nitrogens with one attached hydrogen (secondary N) is 2. The number of aromatic nitrogens is 1. The van der Waals surface area contributed by atoms with Gasteiger partial charge in [-0.1, -0.05) is 48.5 Å². The molecule has 6 aromatic rings. The molecule has 2 N–H and O–H groups in total. The Hall–Kier alpha value is -6.33. The van der Waals surface area contributed by atoms with Crippen molar-refractivity contribution in [2.45, 2.75) is 16.6 Å². The smallest absolute Gasteiger partial charge is 0.272 e. The zero-order chi connectivity index (χ0) is 34.6. The summed E-state index contributed by atoms with van der Waals surface area (Å²) in [6, 6.07) is 35.3. The number of hydrogen-bond acceptors (Lipinski definition) is 7. The molecule has 1 saturated heterocycles. The van der Waals surface area contributed by atoms with Crippen LogP contribution in [0.25, 0.3) is 28.6 Å². The van der Waals surface area contributed by atoms with Crippen LogP contribution in [0.2, 0.25) is 0 Å². The van der Waals surface area contributed by atoms with Crippen LogP contribution in [0.1, 0.15) is 22.3 Å². The van der Waals surface area contributed by atoms with E-state index in [1.807, 2.05) is 24.3 Å². The van der Waals surface area contributed by atoms with Crippen LogP contribution in [0.5, 0.6) is 0 Å². The molecule has 0 aliphatic carbocycles. The summed E-state index contributed by atoms with van der Waals surface area (Å²) in [5.74, 6) is -1.93. The normalized spacial score (nSPS) is 14.6. The van der Waals surface area contributed by atoms with Crippen molar-refractivity contribution in [1.29, 1.82) is 0 Å². The first-order chi connectivity index (χ1) is 24.3. The number of halogens is 1. The SMILES string of the molecule is O=C(Nc1ccc(SC2CC(=O)N(c3ccc(-c4nc5ccccc5o4)cc3)C2=O)cc1)/C(=C/c1ccccc1F)NC(=O)c1ccccc1. The summed E-state index contributed by atoms with van der Waals surface area (Å²) < 4.78 is 20.3. The Bertz CT molecular complexity index is 2240. The third kappa shape index (κ3) is 6.94. The fraction of sp³-hybridized carbons (Fsp3) is 0.0513. The Morgan fingerprint density at radius 1 is 0.840 bits per heavy atom. The maximum Gasteiger partial charge on any atom is 0.272 e. The quantitative estimate of drug-likeness (QED) is 0.120. The second kappa shape index (κ2) is 14.0. The summed E-state index contributed by atoms with van der Waals surface area (Å²) in [7, 11) is 0. The zero-order valence-corrected chi connectivity index (χ0v) is 27.0. The highest BCUT2D eigenvalue weighted by Crippen LogP contribution is 2.35. The lowest BCUT2D eigenvalue weighted by atomic mass is 10.1. The Balaban J connectivity index is 1.01. The summed E-state index contributed by atoms with van der Waals surface area (Å²) in [5, 5.41) is 4.69. The molecule has 5 aromatic carbocycles. The number of oxazole rings is 1. The lowest BCUT2D eigenvalue weighted by Crippen LogP contribution is -2.31. The lowest BCUT2D eigenvalue weighted by Gasteiger charge is -2.15. The van der Waals surface area contributed by atoms with Crippen molar-refractivity contribution in [2.75, 3.05) is 10.2 Å². The Kier molecular flexibility index (Phi) is 9.04. The number of benzene rings is 5. The van der Waals surface area contributed by atoms with E-state index in [4.69, 9.17) is 4.42 Å². The third-order valence-corrected chi connectivity index (χ3v) is 9.09. The van der Waals surface area contributed by atoms with E-state index in [0.717, 1.165) is 11.1 Å². The molecule has 9 nitrogen and oxygen atoms in total. The Morgan fingerprint density at radius 2 is 1.54 bits per heavy atom. The predicted octanol–water partition coefficient (Wildman–Crippen LogP) is 7.47. The van der Waals surface area contributed by atoms with Crippen LogP contribution in [-0.4, -0.2) is 33.9 Å². The molecule has 0 bridgehead atoms. The van der Waals surface area contributed by atoms with Crippen LogP contribution in [0, 0.1) is 5.82 Å². The van der Waals surface area contributed by atoms with E-state index in [2.05, 4.69) is 15.6 Å². The van der Waals surface area contributed by atoms with Gasteiger partial charge in [-0.15, -0.1) is 11.8 Å². The van der Waals surface area contributed by atoms with Crippen molar-refractivity contribution in [1.82, 2.24) is 10.3 Å². The van der Waals surface area contributed by atoms with E-state index in [-0.39, 0.29) is 29.5 Å². The third-order valence-electron chi connectivity index (χ3n) is 7.90. The number of carbonyl (C=O) groups excluding carboxylic acids is 4. The number of para-hydroxylation sites is 2. The molecule has 7 rings (SSSR count). The van der Waals surface area contributed by atoms with Crippen molar-refractivity contribution in [3.05, 3.63) is 150 Å². The minimum atomic E-state index is -0.660. The van der Waals surface area contributed by atoms with Crippen molar-refractivity contribution in [2.24, 2.45) is 0 Å². The summed E-state index contributed by atoms with van der Waals surface area (Å²) >= 11 is 1.25. The van der Waals surface area contributed by atoms with Gasteiger partial charge in [0.15, 0.2) is 5.58 Å². The maximum atomic E-state index is 14.5. The minimum Gasteiger partial charge on any atom is -0.436 e. The van der Waals surface area contributed by atoms with Crippen LogP contribution >= 0.6 is 11.8 Å². The van der Waals surface area contributed by atoms with E-state index >= 15 is 0 Å². The predicted molar refractivity (Wildman–Crippen MR) is 190 cm³/mol. The van der Waals surface area contributed by atoms with E-state index < -0.39 is 22.9 Å². The largest absolute Gasteiger partial charge is 0.436 e. The molecule has 1 fully saturated rings. The maximum absolute atomic E-state index is 14.5. The molecule has 1 aliphatic rings.